The molecule has 4 nitrogen and oxygen atoms in total. The molecule has 2 aromatic rings. The fourth-order valence-corrected chi connectivity index (χ4v) is 4.43. The molecule has 1 aromatic heterocycles. The van der Waals surface area contributed by atoms with Crippen LogP contribution in [0.5, 0.6) is 0 Å². The van der Waals surface area contributed by atoms with Crippen LogP contribution in [-0.4, -0.2) is 37.5 Å². The lowest BCUT2D eigenvalue weighted by Crippen LogP contribution is -2.45. The van der Waals surface area contributed by atoms with Gasteiger partial charge in [0.15, 0.2) is 15.0 Å². The van der Waals surface area contributed by atoms with Gasteiger partial charge in [0.2, 0.25) is 0 Å². The van der Waals surface area contributed by atoms with Gasteiger partial charge in [-0.05, 0) is 6.92 Å². The zero-order chi connectivity index (χ0) is 14.2. The van der Waals surface area contributed by atoms with E-state index in [2.05, 4.69) is 9.88 Å². The molecule has 0 bridgehead atoms. The number of aromatic nitrogens is 1. The first-order valence-corrected chi connectivity index (χ1v) is 9.13. The maximum Gasteiger partial charge on any atom is 0.185 e. The van der Waals surface area contributed by atoms with Gasteiger partial charge >= 0.3 is 0 Å². The summed E-state index contributed by atoms with van der Waals surface area (Å²) < 4.78 is 23.5. The highest BCUT2D eigenvalue weighted by Gasteiger charge is 2.30. The lowest BCUT2D eigenvalue weighted by atomic mass is 10.2. The molecule has 0 unspecified atom stereocenters. The van der Waals surface area contributed by atoms with Gasteiger partial charge in [-0.1, -0.05) is 30.3 Å². The number of benzene rings is 1. The van der Waals surface area contributed by atoms with Crippen LogP contribution in [0.2, 0.25) is 0 Å². The summed E-state index contributed by atoms with van der Waals surface area (Å²) >= 11 is 1.57. The molecular formula is C14H16N2O2S2. The van der Waals surface area contributed by atoms with E-state index in [1.165, 1.54) is 0 Å². The summed E-state index contributed by atoms with van der Waals surface area (Å²) in [4.78, 5) is 6.71. The quantitative estimate of drug-likeness (QED) is 0.855. The third-order valence-corrected chi connectivity index (χ3v) is 6.60. The summed E-state index contributed by atoms with van der Waals surface area (Å²) in [6.07, 6.45) is 0. The maximum atomic E-state index is 11.7. The zero-order valence-electron chi connectivity index (χ0n) is 11.2. The van der Waals surface area contributed by atoms with Gasteiger partial charge in [0.25, 0.3) is 0 Å². The van der Waals surface area contributed by atoms with Crippen LogP contribution in [0.15, 0.2) is 35.7 Å². The van der Waals surface area contributed by atoms with E-state index in [9.17, 15) is 8.42 Å². The fourth-order valence-electron chi connectivity index (χ4n) is 2.28. The van der Waals surface area contributed by atoms with Gasteiger partial charge in [-0.15, -0.1) is 11.3 Å². The molecule has 2 heterocycles. The van der Waals surface area contributed by atoms with E-state index >= 15 is 0 Å². The Hall–Kier alpha value is -1.40. The second-order valence-electron chi connectivity index (χ2n) is 5.00. The van der Waals surface area contributed by atoms with Crippen molar-refractivity contribution >= 4 is 26.3 Å². The number of hydrogen-bond acceptors (Lipinski definition) is 5. The monoisotopic (exact) mass is 308 g/mol. The average Bonchev–Trinajstić information content (AvgIpc) is 2.93. The number of rotatable bonds is 2. The van der Waals surface area contributed by atoms with E-state index in [1.807, 2.05) is 35.7 Å². The number of anilines is 1. The first kappa shape index (κ1) is 13.6. The summed E-state index contributed by atoms with van der Waals surface area (Å²) in [7, 11) is -2.91. The summed E-state index contributed by atoms with van der Waals surface area (Å²) in [5.74, 6) is 0.217. The van der Waals surface area contributed by atoms with Gasteiger partial charge in [-0.3, -0.25) is 0 Å². The highest BCUT2D eigenvalue weighted by atomic mass is 32.2. The van der Waals surface area contributed by atoms with E-state index in [1.54, 1.807) is 18.3 Å². The number of thiazole rings is 1. The van der Waals surface area contributed by atoms with Crippen molar-refractivity contribution in [2.24, 2.45) is 0 Å². The van der Waals surface area contributed by atoms with Crippen molar-refractivity contribution in [2.45, 2.75) is 12.2 Å². The fraction of sp³-hybridized carbons (Fsp3) is 0.357. The smallest absolute Gasteiger partial charge is 0.185 e. The second kappa shape index (κ2) is 5.18. The molecule has 1 aliphatic rings. The molecule has 0 radical (unpaired) electrons. The van der Waals surface area contributed by atoms with Crippen molar-refractivity contribution in [2.75, 3.05) is 23.7 Å². The summed E-state index contributed by atoms with van der Waals surface area (Å²) in [6, 6.07) is 10.0. The highest BCUT2D eigenvalue weighted by Crippen LogP contribution is 2.29. The molecule has 1 aliphatic heterocycles. The Kier molecular flexibility index (Phi) is 3.52. The van der Waals surface area contributed by atoms with Crippen molar-refractivity contribution in [3.05, 3.63) is 35.7 Å². The van der Waals surface area contributed by atoms with E-state index in [0.717, 1.165) is 16.4 Å². The molecule has 20 heavy (non-hydrogen) atoms. The van der Waals surface area contributed by atoms with Crippen molar-refractivity contribution in [3.63, 3.8) is 0 Å². The molecule has 6 heteroatoms. The van der Waals surface area contributed by atoms with Gasteiger partial charge in [-0.2, -0.15) is 0 Å². The molecule has 0 spiro atoms. The van der Waals surface area contributed by atoms with Crippen molar-refractivity contribution in [1.29, 1.82) is 0 Å². The molecular weight excluding hydrogens is 292 g/mol. The van der Waals surface area contributed by atoms with Crippen molar-refractivity contribution in [3.8, 4) is 11.3 Å². The van der Waals surface area contributed by atoms with E-state index < -0.39 is 9.84 Å². The minimum atomic E-state index is -2.91. The van der Waals surface area contributed by atoms with Crippen molar-refractivity contribution in [1.82, 2.24) is 4.98 Å². The number of nitrogens with zero attached hydrogens (tertiary/aromatic N) is 2. The molecule has 0 saturated carbocycles. The lowest BCUT2D eigenvalue weighted by Gasteiger charge is -2.30. The zero-order valence-corrected chi connectivity index (χ0v) is 12.8. The Balaban J connectivity index is 1.82. The van der Waals surface area contributed by atoms with Crippen LogP contribution in [-0.2, 0) is 9.84 Å². The molecule has 0 N–H and O–H groups in total. The predicted molar refractivity (Wildman–Crippen MR) is 83.0 cm³/mol. The van der Waals surface area contributed by atoms with E-state index in [-0.39, 0.29) is 11.0 Å². The van der Waals surface area contributed by atoms with Crippen LogP contribution >= 0.6 is 11.3 Å². The van der Waals surface area contributed by atoms with Gasteiger partial charge in [0, 0.05) is 24.0 Å². The Morgan fingerprint density at radius 3 is 2.75 bits per heavy atom. The maximum absolute atomic E-state index is 11.7. The van der Waals surface area contributed by atoms with Crippen molar-refractivity contribution < 1.29 is 8.42 Å². The van der Waals surface area contributed by atoms with Crippen LogP contribution < -0.4 is 4.90 Å². The standard InChI is InChI=1S/C14H16N2O2S2/c1-11-9-16(7-8-20(11,17)18)14-15-13(10-19-14)12-5-3-2-4-6-12/h2-6,10-11H,7-9H2,1H3/t11-/m1/s1. The SMILES string of the molecule is C[C@@H]1CN(c2nc(-c3ccccc3)cs2)CCS1(=O)=O. The molecule has 1 aromatic carbocycles. The molecule has 1 atom stereocenters. The Bertz CT molecular complexity index is 695. The molecule has 1 fully saturated rings. The third kappa shape index (κ3) is 2.58. The van der Waals surface area contributed by atoms with Gasteiger partial charge in [0.1, 0.15) is 0 Å². The topological polar surface area (TPSA) is 50.3 Å². The van der Waals surface area contributed by atoms with Gasteiger partial charge < -0.3 is 4.90 Å². The lowest BCUT2D eigenvalue weighted by molar-refractivity contribution is 0.569. The minimum Gasteiger partial charge on any atom is -0.346 e. The van der Waals surface area contributed by atoms with Crippen LogP contribution in [0.3, 0.4) is 0 Å². The first-order chi connectivity index (χ1) is 9.56. The molecule has 106 valence electrons. The molecule has 0 amide bonds. The normalized spacial score (nSPS) is 21.9. The predicted octanol–water partition coefficient (Wildman–Crippen LogP) is 2.43. The Labute approximate surface area is 123 Å². The largest absolute Gasteiger partial charge is 0.346 e. The molecule has 3 rings (SSSR count). The van der Waals surface area contributed by atoms with E-state index in [4.69, 9.17) is 0 Å². The number of sulfone groups is 1. The first-order valence-electron chi connectivity index (χ1n) is 6.54. The second-order valence-corrected chi connectivity index (χ2v) is 8.38. The summed E-state index contributed by atoms with van der Waals surface area (Å²) in [6.45, 7) is 2.84. The highest BCUT2D eigenvalue weighted by molar-refractivity contribution is 7.92. The van der Waals surface area contributed by atoms with Crippen LogP contribution in [0.25, 0.3) is 11.3 Å². The van der Waals surface area contributed by atoms with Crippen LogP contribution in [0.4, 0.5) is 5.13 Å². The minimum absolute atomic E-state index is 0.217. The van der Waals surface area contributed by atoms with Gasteiger partial charge in [-0.25, -0.2) is 13.4 Å². The molecule has 1 saturated heterocycles. The van der Waals surface area contributed by atoms with Gasteiger partial charge in [0.05, 0.1) is 16.7 Å². The number of hydrogen-bond donors (Lipinski definition) is 0. The summed E-state index contributed by atoms with van der Waals surface area (Å²) in [5.41, 5.74) is 2.04. The average molecular weight is 308 g/mol. The Morgan fingerprint density at radius 2 is 2.05 bits per heavy atom. The Morgan fingerprint density at radius 1 is 1.30 bits per heavy atom. The van der Waals surface area contributed by atoms with E-state index in [0.29, 0.717) is 13.1 Å². The summed E-state index contributed by atoms with van der Waals surface area (Å²) in [5, 5.41) is 2.62. The molecule has 0 aliphatic carbocycles. The third-order valence-electron chi connectivity index (χ3n) is 3.57. The van der Waals surface area contributed by atoms with Crippen LogP contribution in [0, 0.1) is 0 Å². The van der Waals surface area contributed by atoms with Crippen LogP contribution in [0.1, 0.15) is 6.92 Å².